The molecule has 214 valence electrons. The van der Waals surface area contributed by atoms with Crippen LogP contribution >= 0.6 is 0 Å². The van der Waals surface area contributed by atoms with Crippen molar-refractivity contribution >= 4 is 41.5 Å². The minimum atomic E-state index is -1.52. The van der Waals surface area contributed by atoms with Gasteiger partial charge >= 0.3 is 11.9 Å². The van der Waals surface area contributed by atoms with Gasteiger partial charge in [0.1, 0.15) is 23.9 Å². The number of nitrogens with one attached hydrogen (secondary N) is 3. The number of hydrogen-bond acceptors (Lipinski definition) is 9. The number of carboxylic acid groups (broad SMARTS) is 2. The molecule has 0 heterocycles. The normalized spacial score (nSPS) is 13.7. The number of amides is 5. The Bertz CT molecular complexity index is 1080. The van der Waals surface area contributed by atoms with E-state index in [2.05, 4.69) is 16.0 Å². The van der Waals surface area contributed by atoms with Crippen molar-refractivity contribution in [2.24, 2.45) is 17.2 Å². The number of phenols is 1. The van der Waals surface area contributed by atoms with E-state index in [9.17, 15) is 43.8 Å². The van der Waals surface area contributed by atoms with Crippen molar-refractivity contribution in [1.29, 1.82) is 0 Å². The summed E-state index contributed by atoms with van der Waals surface area (Å²) in [7, 11) is 0. The number of phenolic OH excluding ortho intramolecular Hbond substituents is 1. The van der Waals surface area contributed by atoms with Crippen LogP contribution < -0.4 is 33.2 Å². The Kier molecular flexibility index (Phi) is 12.8. The number of aliphatic carboxylic acids is 2. The minimum absolute atomic E-state index is 0.0518. The van der Waals surface area contributed by atoms with Gasteiger partial charge in [0.15, 0.2) is 0 Å². The predicted octanol–water partition coefficient (Wildman–Crippen LogP) is -3.19. The molecule has 0 aromatic heterocycles. The maximum Gasteiger partial charge on any atom is 0.326 e. The van der Waals surface area contributed by atoms with Crippen molar-refractivity contribution in [3.63, 3.8) is 0 Å². The topological polar surface area (TPSA) is 294 Å². The van der Waals surface area contributed by atoms with Gasteiger partial charge < -0.3 is 48.5 Å². The number of benzene rings is 1. The Hall–Kier alpha value is -4.73. The highest BCUT2D eigenvalue weighted by Crippen LogP contribution is 2.12. The highest BCUT2D eigenvalue weighted by molar-refractivity contribution is 5.95. The minimum Gasteiger partial charge on any atom is -0.508 e. The molecule has 0 spiro atoms. The summed E-state index contributed by atoms with van der Waals surface area (Å²) in [5, 5.41) is 34.7. The van der Waals surface area contributed by atoms with E-state index in [0.717, 1.165) is 0 Å². The fourth-order valence-corrected chi connectivity index (χ4v) is 3.29. The number of rotatable bonds is 17. The number of primary amides is 2. The lowest BCUT2D eigenvalue weighted by Crippen LogP contribution is -2.57. The van der Waals surface area contributed by atoms with Gasteiger partial charge in [0.05, 0.1) is 12.5 Å². The lowest BCUT2D eigenvalue weighted by molar-refractivity contribution is -0.142. The summed E-state index contributed by atoms with van der Waals surface area (Å²) in [6.07, 6.45) is -2.48. The maximum atomic E-state index is 13.0. The molecule has 0 aliphatic heterocycles. The first-order valence-electron chi connectivity index (χ1n) is 11.6. The summed E-state index contributed by atoms with van der Waals surface area (Å²) >= 11 is 0. The van der Waals surface area contributed by atoms with Crippen molar-refractivity contribution in [2.75, 3.05) is 0 Å². The van der Waals surface area contributed by atoms with Gasteiger partial charge in [-0.2, -0.15) is 0 Å². The first kappa shape index (κ1) is 32.3. The van der Waals surface area contributed by atoms with Crippen LogP contribution in [0.5, 0.6) is 5.75 Å². The first-order chi connectivity index (χ1) is 18.2. The fourth-order valence-electron chi connectivity index (χ4n) is 3.29. The first-order valence-corrected chi connectivity index (χ1v) is 11.6. The Balaban J connectivity index is 3.08. The van der Waals surface area contributed by atoms with Crippen LogP contribution in [-0.4, -0.2) is 81.0 Å². The molecule has 5 amide bonds. The van der Waals surface area contributed by atoms with Crippen molar-refractivity contribution in [2.45, 2.75) is 62.7 Å². The largest absolute Gasteiger partial charge is 0.508 e. The van der Waals surface area contributed by atoms with Gasteiger partial charge in [-0.1, -0.05) is 12.1 Å². The SMILES string of the molecule is NC(=O)CCC(NC(=O)C(CCC(=O)O)NC(=O)C(N)CC(N)=O)C(=O)NC(Cc1ccc(O)cc1)C(=O)O. The highest BCUT2D eigenvalue weighted by atomic mass is 16.4. The van der Waals surface area contributed by atoms with E-state index >= 15 is 0 Å². The van der Waals surface area contributed by atoms with Gasteiger partial charge in [-0.3, -0.25) is 28.8 Å². The number of hydrogen-bond donors (Lipinski definition) is 9. The van der Waals surface area contributed by atoms with Gasteiger partial charge in [-0.05, 0) is 30.5 Å². The maximum absolute atomic E-state index is 13.0. The predicted molar refractivity (Wildman–Crippen MR) is 132 cm³/mol. The number of carboxylic acids is 2. The van der Waals surface area contributed by atoms with E-state index in [0.29, 0.717) is 5.56 Å². The van der Waals surface area contributed by atoms with E-state index < -0.39 is 84.9 Å². The summed E-state index contributed by atoms with van der Waals surface area (Å²) in [5.41, 5.74) is 16.2. The third-order valence-corrected chi connectivity index (χ3v) is 5.34. The van der Waals surface area contributed by atoms with Crippen LogP contribution in [0.2, 0.25) is 0 Å². The Labute approximate surface area is 222 Å². The van der Waals surface area contributed by atoms with E-state index in [1.165, 1.54) is 24.3 Å². The van der Waals surface area contributed by atoms with Crippen molar-refractivity contribution in [3.8, 4) is 5.75 Å². The number of aromatic hydroxyl groups is 1. The molecule has 39 heavy (non-hydrogen) atoms. The molecular weight excluding hydrogens is 520 g/mol. The van der Waals surface area contributed by atoms with Gasteiger partial charge in [0, 0.05) is 19.3 Å². The quantitative estimate of drug-likeness (QED) is 0.0927. The smallest absolute Gasteiger partial charge is 0.326 e. The number of carbonyl (C=O) groups excluding carboxylic acids is 5. The molecule has 1 aromatic rings. The number of carbonyl (C=O) groups is 7. The van der Waals surface area contributed by atoms with E-state index in [1.807, 2.05) is 0 Å². The molecule has 0 saturated carbocycles. The summed E-state index contributed by atoms with van der Waals surface area (Å²) < 4.78 is 0. The molecule has 0 aliphatic carbocycles. The second kappa shape index (κ2) is 15.5. The van der Waals surface area contributed by atoms with E-state index in [1.54, 1.807) is 0 Å². The lowest BCUT2D eigenvalue weighted by atomic mass is 10.0. The zero-order valence-electron chi connectivity index (χ0n) is 20.8. The summed E-state index contributed by atoms with van der Waals surface area (Å²) in [6, 6.07) is -0.388. The average Bonchev–Trinajstić information content (AvgIpc) is 2.83. The van der Waals surface area contributed by atoms with Crippen LogP contribution in [0.3, 0.4) is 0 Å². The molecule has 12 N–H and O–H groups in total. The van der Waals surface area contributed by atoms with Crippen molar-refractivity contribution in [1.82, 2.24) is 16.0 Å². The summed E-state index contributed by atoms with van der Waals surface area (Å²) in [6.45, 7) is 0. The summed E-state index contributed by atoms with van der Waals surface area (Å²) in [5.74, 6) is -7.50. The Morgan fingerprint density at radius 3 is 1.67 bits per heavy atom. The van der Waals surface area contributed by atoms with E-state index in [-0.39, 0.29) is 25.0 Å². The van der Waals surface area contributed by atoms with Crippen molar-refractivity contribution < 1.29 is 48.9 Å². The molecule has 16 heteroatoms. The molecule has 16 nitrogen and oxygen atoms in total. The molecule has 0 radical (unpaired) electrons. The molecule has 0 saturated heterocycles. The van der Waals surface area contributed by atoms with E-state index in [4.69, 9.17) is 22.3 Å². The van der Waals surface area contributed by atoms with Crippen LogP contribution in [0, 0.1) is 0 Å². The zero-order valence-corrected chi connectivity index (χ0v) is 20.8. The second-order valence-corrected chi connectivity index (χ2v) is 8.61. The fraction of sp³-hybridized carbons (Fsp3) is 0.435. The van der Waals surface area contributed by atoms with Crippen LogP contribution in [-0.2, 0) is 40.0 Å². The number of nitrogens with two attached hydrogens (primary N) is 3. The van der Waals surface area contributed by atoms with Crippen molar-refractivity contribution in [3.05, 3.63) is 29.8 Å². The van der Waals surface area contributed by atoms with Gasteiger partial charge in [0.25, 0.3) is 0 Å². The standard InChI is InChI=1S/C23H32N6O10/c24-13(10-18(26)32)20(35)27-15(6-8-19(33)34)21(36)28-14(5-7-17(25)31)22(37)29-16(23(38)39)9-11-1-3-12(30)4-2-11/h1-4,13-16,30H,5-10,24H2,(H2,25,31)(H2,26,32)(H,27,35)(H,28,36)(H,29,37)(H,33,34)(H,38,39). The average molecular weight is 553 g/mol. The van der Waals surface area contributed by atoms with Crippen LogP contribution in [0.1, 0.15) is 37.7 Å². The third kappa shape index (κ3) is 12.4. The Morgan fingerprint density at radius 1 is 0.718 bits per heavy atom. The Morgan fingerprint density at radius 2 is 1.21 bits per heavy atom. The molecule has 0 aliphatic rings. The van der Waals surface area contributed by atoms with Crippen LogP contribution in [0.15, 0.2) is 24.3 Å². The van der Waals surface area contributed by atoms with Gasteiger partial charge in [0.2, 0.25) is 29.5 Å². The van der Waals surface area contributed by atoms with Crippen LogP contribution in [0.4, 0.5) is 0 Å². The monoisotopic (exact) mass is 552 g/mol. The molecule has 1 aromatic carbocycles. The van der Waals surface area contributed by atoms with Crippen LogP contribution in [0.25, 0.3) is 0 Å². The van der Waals surface area contributed by atoms with Gasteiger partial charge in [-0.25, -0.2) is 4.79 Å². The molecule has 0 bridgehead atoms. The molecular formula is C23H32N6O10. The van der Waals surface area contributed by atoms with Gasteiger partial charge in [-0.15, -0.1) is 0 Å². The molecule has 4 unspecified atom stereocenters. The lowest BCUT2D eigenvalue weighted by Gasteiger charge is -2.25. The highest BCUT2D eigenvalue weighted by Gasteiger charge is 2.31. The molecule has 4 atom stereocenters. The molecule has 1 rings (SSSR count). The zero-order chi connectivity index (χ0) is 29.7. The summed E-state index contributed by atoms with van der Waals surface area (Å²) in [4.78, 5) is 83.4. The third-order valence-electron chi connectivity index (χ3n) is 5.34. The molecule has 0 fully saturated rings. The second-order valence-electron chi connectivity index (χ2n) is 8.61.